The molecule has 0 bridgehead atoms. The molecule has 3 saturated carbocycles. The monoisotopic (exact) mass is 322 g/mol. The maximum Gasteiger partial charge on any atom is 0.309 e. The lowest BCUT2D eigenvalue weighted by atomic mass is 10.0. The number of hydrogen-bond donors (Lipinski definition) is 0. The van der Waals surface area contributed by atoms with Crippen LogP contribution in [0.25, 0.3) is 0 Å². The van der Waals surface area contributed by atoms with Gasteiger partial charge in [0.1, 0.15) is 11.7 Å². The number of carbonyl (C=O) groups is 2. The molecule has 4 heteroatoms. The Bertz CT molecular complexity index is 450. The molecule has 3 fully saturated rings. The third-order valence-electron chi connectivity index (χ3n) is 6.07. The molecule has 0 aromatic heterocycles. The fraction of sp³-hybridized carbons (Fsp3) is 0.895. The molecule has 4 nitrogen and oxygen atoms in total. The molecule has 0 radical (unpaired) electrons. The lowest BCUT2D eigenvalue weighted by Gasteiger charge is -2.26. The molecule has 2 atom stereocenters. The van der Waals surface area contributed by atoms with Gasteiger partial charge in [-0.2, -0.15) is 0 Å². The second-order valence-electron chi connectivity index (χ2n) is 8.45. The Kier molecular flexibility index (Phi) is 4.70. The molecule has 0 aromatic rings. The Morgan fingerprint density at radius 3 is 2.09 bits per heavy atom. The molecule has 0 saturated heterocycles. The van der Waals surface area contributed by atoms with Crippen LogP contribution < -0.4 is 0 Å². The van der Waals surface area contributed by atoms with E-state index in [-0.39, 0.29) is 35.5 Å². The average molecular weight is 322 g/mol. The van der Waals surface area contributed by atoms with Crippen molar-refractivity contribution >= 4 is 11.9 Å². The van der Waals surface area contributed by atoms with Crippen molar-refractivity contribution in [3.05, 3.63) is 0 Å². The van der Waals surface area contributed by atoms with Crippen molar-refractivity contribution in [3.8, 4) is 0 Å². The van der Waals surface area contributed by atoms with E-state index in [0.717, 1.165) is 38.5 Å². The quantitative estimate of drug-likeness (QED) is 0.737. The van der Waals surface area contributed by atoms with Crippen LogP contribution in [0.15, 0.2) is 0 Å². The van der Waals surface area contributed by atoms with Gasteiger partial charge >= 0.3 is 11.9 Å². The minimum atomic E-state index is -0.218. The first kappa shape index (κ1) is 16.8. The van der Waals surface area contributed by atoms with Gasteiger partial charge in [-0.1, -0.05) is 13.8 Å². The summed E-state index contributed by atoms with van der Waals surface area (Å²) < 4.78 is 11.4. The standard InChI is InChI=1S/C19H30O4/c1-12(2)17(20)22-16-10-13-8-15(9-14(13)11-16)18(21)23-19(3)6-4-5-7-19/h12-16H,4-11H2,1-3H3. The molecule has 3 aliphatic carbocycles. The first-order chi connectivity index (χ1) is 10.9. The van der Waals surface area contributed by atoms with Crippen molar-refractivity contribution in [2.75, 3.05) is 0 Å². The first-order valence-electron chi connectivity index (χ1n) is 9.29. The summed E-state index contributed by atoms with van der Waals surface area (Å²) in [5.74, 6) is 0.955. The fourth-order valence-electron chi connectivity index (χ4n) is 4.70. The minimum Gasteiger partial charge on any atom is -0.462 e. The van der Waals surface area contributed by atoms with Crippen LogP contribution in [0.1, 0.15) is 72.1 Å². The highest BCUT2D eigenvalue weighted by atomic mass is 16.6. The van der Waals surface area contributed by atoms with Crippen molar-refractivity contribution in [1.82, 2.24) is 0 Å². The lowest BCUT2D eigenvalue weighted by Crippen LogP contribution is -2.31. The van der Waals surface area contributed by atoms with E-state index in [2.05, 4.69) is 6.92 Å². The summed E-state index contributed by atoms with van der Waals surface area (Å²) in [6.45, 7) is 5.82. The van der Waals surface area contributed by atoms with E-state index in [4.69, 9.17) is 9.47 Å². The predicted octanol–water partition coefficient (Wildman–Crippen LogP) is 3.87. The van der Waals surface area contributed by atoms with E-state index < -0.39 is 0 Å². The van der Waals surface area contributed by atoms with E-state index in [1.165, 1.54) is 12.8 Å². The number of hydrogen-bond acceptors (Lipinski definition) is 4. The zero-order valence-corrected chi connectivity index (χ0v) is 14.7. The summed E-state index contributed by atoms with van der Waals surface area (Å²) >= 11 is 0. The largest absolute Gasteiger partial charge is 0.462 e. The summed E-state index contributed by atoms with van der Waals surface area (Å²) in [5, 5.41) is 0. The molecule has 0 aliphatic heterocycles. The van der Waals surface area contributed by atoms with Crippen LogP contribution in [-0.4, -0.2) is 23.6 Å². The smallest absolute Gasteiger partial charge is 0.309 e. The number of carbonyl (C=O) groups excluding carboxylic acids is 2. The molecule has 0 spiro atoms. The Balaban J connectivity index is 1.48. The van der Waals surface area contributed by atoms with Gasteiger partial charge in [-0.25, -0.2) is 0 Å². The van der Waals surface area contributed by atoms with Crippen molar-refractivity contribution in [2.45, 2.75) is 83.8 Å². The molecular formula is C19H30O4. The molecule has 2 unspecified atom stereocenters. The lowest BCUT2D eigenvalue weighted by molar-refractivity contribution is -0.163. The molecule has 3 rings (SSSR count). The van der Waals surface area contributed by atoms with Crippen LogP contribution in [0.5, 0.6) is 0 Å². The average Bonchev–Trinajstić information content (AvgIpc) is 3.13. The summed E-state index contributed by atoms with van der Waals surface area (Å²) in [5.41, 5.74) is -0.218. The second kappa shape index (κ2) is 6.45. The molecular weight excluding hydrogens is 292 g/mol. The zero-order chi connectivity index (χ0) is 16.6. The summed E-state index contributed by atoms with van der Waals surface area (Å²) in [6.07, 6.45) is 8.07. The topological polar surface area (TPSA) is 52.6 Å². The molecule has 130 valence electrons. The third kappa shape index (κ3) is 3.72. The van der Waals surface area contributed by atoms with Gasteiger partial charge in [0, 0.05) is 0 Å². The predicted molar refractivity (Wildman–Crippen MR) is 86.6 cm³/mol. The Hall–Kier alpha value is -1.06. The molecule has 0 aromatic carbocycles. The van der Waals surface area contributed by atoms with Gasteiger partial charge in [0.25, 0.3) is 0 Å². The molecule has 0 N–H and O–H groups in total. The highest BCUT2D eigenvalue weighted by Gasteiger charge is 2.47. The van der Waals surface area contributed by atoms with E-state index in [9.17, 15) is 9.59 Å². The molecule has 3 aliphatic rings. The second-order valence-corrected chi connectivity index (χ2v) is 8.45. The number of ether oxygens (including phenoxy) is 2. The van der Waals surface area contributed by atoms with Crippen LogP contribution in [0, 0.1) is 23.7 Å². The van der Waals surface area contributed by atoms with E-state index >= 15 is 0 Å². The van der Waals surface area contributed by atoms with Crippen LogP contribution in [0.2, 0.25) is 0 Å². The molecule has 0 heterocycles. The van der Waals surface area contributed by atoms with E-state index in [1.54, 1.807) is 0 Å². The van der Waals surface area contributed by atoms with Gasteiger partial charge in [0.2, 0.25) is 0 Å². The number of fused-ring (bicyclic) bond motifs is 1. The normalized spacial score (nSPS) is 35.3. The molecule has 23 heavy (non-hydrogen) atoms. The SMILES string of the molecule is CC(C)C(=O)OC1CC2CC(C(=O)OC3(C)CCCC3)CC2C1. The Morgan fingerprint density at radius 2 is 1.57 bits per heavy atom. The first-order valence-corrected chi connectivity index (χ1v) is 9.29. The highest BCUT2D eigenvalue weighted by molar-refractivity contribution is 5.73. The van der Waals surface area contributed by atoms with Crippen LogP contribution in [0.4, 0.5) is 0 Å². The van der Waals surface area contributed by atoms with Crippen molar-refractivity contribution in [2.24, 2.45) is 23.7 Å². The van der Waals surface area contributed by atoms with Crippen molar-refractivity contribution in [3.63, 3.8) is 0 Å². The number of esters is 2. The summed E-state index contributed by atoms with van der Waals surface area (Å²) in [6, 6.07) is 0. The highest BCUT2D eigenvalue weighted by Crippen LogP contribution is 2.48. The third-order valence-corrected chi connectivity index (χ3v) is 6.07. The Morgan fingerprint density at radius 1 is 1.00 bits per heavy atom. The zero-order valence-electron chi connectivity index (χ0n) is 14.7. The van der Waals surface area contributed by atoms with Gasteiger partial charge in [-0.05, 0) is 70.1 Å². The minimum absolute atomic E-state index is 0.0134. The van der Waals surface area contributed by atoms with Crippen LogP contribution >= 0.6 is 0 Å². The maximum atomic E-state index is 12.5. The van der Waals surface area contributed by atoms with Gasteiger partial charge in [0.05, 0.1) is 11.8 Å². The summed E-state index contributed by atoms with van der Waals surface area (Å²) in [4.78, 5) is 24.2. The van der Waals surface area contributed by atoms with Gasteiger partial charge in [0.15, 0.2) is 0 Å². The van der Waals surface area contributed by atoms with E-state index in [1.807, 2.05) is 13.8 Å². The van der Waals surface area contributed by atoms with Crippen LogP contribution in [0.3, 0.4) is 0 Å². The Labute approximate surface area is 139 Å². The van der Waals surface area contributed by atoms with Gasteiger partial charge in [-0.3, -0.25) is 9.59 Å². The van der Waals surface area contributed by atoms with E-state index in [0.29, 0.717) is 11.8 Å². The van der Waals surface area contributed by atoms with Gasteiger partial charge in [-0.15, -0.1) is 0 Å². The van der Waals surface area contributed by atoms with Gasteiger partial charge < -0.3 is 9.47 Å². The van der Waals surface area contributed by atoms with Crippen molar-refractivity contribution < 1.29 is 19.1 Å². The fourth-order valence-corrected chi connectivity index (χ4v) is 4.70. The molecule has 0 amide bonds. The van der Waals surface area contributed by atoms with Crippen LogP contribution in [-0.2, 0) is 19.1 Å². The summed E-state index contributed by atoms with van der Waals surface area (Å²) in [7, 11) is 0. The van der Waals surface area contributed by atoms with Crippen molar-refractivity contribution in [1.29, 1.82) is 0 Å². The maximum absolute atomic E-state index is 12.5. The number of rotatable bonds is 4.